The molecule has 1 aliphatic heterocycles. The molecule has 1 aliphatic rings. The zero-order valence-corrected chi connectivity index (χ0v) is 17.3. The number of para-hydroxylation sites is 2. The van der Waals surface area contributed by atoms with E-state index in [9.17, 15) is 9.59 Å². The minimum absolute atomic E-state index is 0.0669. The molecule has 0 fully saturated rings. The molecule has 3 heterocycles. The van der Waals surface area contributed by atoms with Crippen LogP contribution in [0.3, 0.4) is 0 Å². The average Bonchev–Trinajstić information content (AvgIpc) is 3.16. The van der Waals surface area contributed by atoms with E-state index in [1.807, 2.05) is 47.1 Å². The number of hydrogen-bond acceptors (Lipinski definition) is 6. The number of nitrogens with one attached hydrogen (secondary N) is 1. The zero-order valence-electron chi connectivity index (χ0n) is 17.3. The quantitative estimate of drug-likeness (QED) is 0.434. The molecule has 0 radical (unpaired) electrons. The van der Waals surface area contributed by atoms with Gasteiger partial charge in [-0.3, -0.25) is 9.59 Å². The number of carbonyl (C=O) groups excluding carboxylic acids is 1. The second kappa shape index (κ2) is 8.50. The van der Waals surface area contributed by atoms with Crippen LogP contribution in [0.4, 0.5) is 5.95 Å². The van der Waals surface area contributed by atoms with Crippen LogP contribution < -0.4 is 15.6 Å². The van der Waals surface area contributed by atoms with Crippen molar-refractivity contribution in [2.75, 3.05) is 18.5 Å². The highest BCUT2D eigenvalue weighted by molar-refractivity contribution is 5.99. The van der Waals surface area contributed by atoms with Crippen LogP contribution in [-0.2, 0) is 13.1 Å². The first kappa shape index (κ1) is 19.7. The number of anilines is 1. The van der Waals surface area contributed by atoms with Crippen molar-refractivity contribution in [2.45, 2.75) is 13.1 Å². The highest BCUT2D eigenvalue weighted by atomic mass is 16.5. The lowest BCUT2D eigenvalue weighted by Crippen LogP contribution is -2.23. The standard InChI is InChI=1S/C24H21N5O3/c30-21-15-25-24-26-19-8-1-2-9-20(19)28(24)12-3-4-13-32-22-10-11-23(31)29(27-22)16-17-6-5-7-18(21)14-17/h1-11,14H,12-13,15-16H2,(H,25,26)/b4-3-. The molecule has 0 amide bonds. The summed E-state index contributed by atoms with van der Waals surface area (Å²) < 4.78 is 9.06. The van der Waals surface area contributed by atoms with Gasteiger partial charge in [-0.05, 0) is 29.8 Å². The zero-order chi connectivity index (χ0) is 21.9. The van der Waals surface area contributed by atoms with Crippen molar-refractivity contribution >= 4 is 22.8 Å². The summed E-state index contributed by atoms with van der Waals surface area (Å²) in [6, 6.07) is 18.1. The smallest absolute Gasteiger partial charge is 0.267 e. The number of aromatic nitrogens is 4. The molecule has 8 nitrogen and oxygen atoms in total. The third kappa shape index (κ3) is 4.02. The summed E-state index contributed by atoms with van der Waals surface area (Å²) in [4.78, 5) is 29.8. The van der Waals surface area contributed by atoms with E-state index in [-0.39, 0.29) is 24.4 Å². The Balaban J connectivity index is 1.53. The lowest BCUT2D eigenvalue weighted by Gasteiger charge is -2.09. The molecule has 1 N–H and O–H groups in total. The highest BCUT2D eigenvalue weighted by Crippen LogP contribution is 2.20. The summed E-state index contributed by atoms with van der Waals surface area (Å²) >= 11 is 0. The normalized spacial score (nSPS) is 15.3. The Bertz CT molecular complexity index is 1390. The van der Waals surface area contributed by atoms with Gasteiger partial charge in [-0.1, -0.05) is 36.4 Å². The van der Waals surface area contributed by atoms with Crippen molar-refractivity contribution in [1.82, 2.24) is 19.3 Å². The van der Waals surface area contributed by atoms with Crippen molar-refractivity contribution < 1.29 is 9.53 Å². The van der Waals surface area contributed by atoms with E-state index in [1.165, 1.54) is 10.7 Å². The average molecular weight is 427 g/mol. The van der Waals surface area contributed by atoms with Gasteiger partial charge in [-0.25, -0.2) is 9.67 Å². The second-order valence-electron chi connectivity index (χ2n) is 7.46. The molecular formula is C24H21N5O3. The summed E-state index contributed by atoms with van der Waals surface area (Å²) in [6.07, 6.45) is 3.86. The molecule has 2 aromatic carbocycles. The molecule has 2 aromatic heterocycles. The number of ketones is 1. The van der Waals surface area contributed by atoms with Gasteiger partial charge in [0.1, 0.15) is 6.61 Å². The molecule has 0 saturated heterocycles. The second-order valence-corrected chi connectivity index (χ2v) is 7.46. The van der Waals surface area contributed by atoms with Gasteiger partial charge in [0.25, 0.3) is 5.56 Å². The minimum Gasteiger partial charge on any atom is -0.472 e. The predicted molar refractivity (Wildman–Crippen MR) is 121 cm³/mol. The number of allylic oxidation sites excluding steroid dienone is 1. The number of ether oxygens (including phenoxy) is 1. The molecular weight excluding hydrogens is 406 g/mol. The Morgan fingerprint density at radius 1 is 0.969 bits per heavy atom. The van der Waals surface area contributed by atoms with E-state index in [0.717, 1.165) is 16.6 Å². The van der Waals surface area contributed by atoms with E-state index in [0.29, 0.717) is 30.5 Å². The van der Waals surface area contributed by atoms with Gasteiger partial charge in [-0.15, -0.1) is 5.10 Å². The molecule has 4 aromatic rings. The number of benzene rings is 2. The fourth-order valence-electron chi connectivity index (χ4n) is 3.67. The number of imidazole rings is 1. The van der Waals surface area contributed by atoms with Crippen molar-refractivity contribution in [1.29, 1.82) is 0 Å². The maximum atomic E-state index is 12.9. The van der Waals surface area contributed by atoms with Crippen molar-refractivity contribution in [3.63, 3.8) is 0 Å². The SMILES string of the molecule is O=C1CNc2nc3ccccc3n2C/C=C\COc2ccc(=O)n(n2)Cc2cccc1c2. The first-order chi connectivity index (χ1) is 15.7. The van der Waals surface area contributed by atoms with Crippen molar-refractivity contribution in [3.8, 4) is 5.88 Å². The van der Waals surface area contributed by atoms with Gasteiger partial charge in [0.2, 0.25) is 11.8 Å². The molecule has 0 saturated carbocycles. The number of hydrogen-bond donors (Lipinski definition) is 1. The number of fused-ring (bicyclic) bond motifs is 7. The van der Waals surface area contributed by atoms with Gasteiger partial charge >= 0.3 is 0 Å². The van der Waals surface area contributed by atoms with Crippen LogP contribution in [0.1, 0.15) is 15.9 Å². The lowest BCUT2D eigenvalue weighted by molar-refractivity contribution is 0.101. The highest BCUT2D eigenvalue weighted by Gasteiger charge is 2.13. The molecule has 0 spiro atoms. The molecule has 0 unspecified atom stereocenters. The van der Waals surface area contributed by atoms with Gasteiger partial charge in [-0.2, -0.15) is 0 Å². The largest absolute Gasteiger partial charge is 0.472 e. The predicted octanol–water partition coefficient (Wildman–Crippen LogP) is 2.88. The minimum atomic E-state index is -0.235. The van der Waals surface area contributed by atoms with Crippen LogP contribution in [-0.4, -0.2) is 38.3 Å². The monoisotopic (exact) mass is 427 g/mol. The lowest BCUT2D eigenvalue weighted by atomic mass is 10.1. The van der Waals surface area contributed by atoms with Gasteiger partial charge in [0.15, 0.2) is 5.78 Å². The summed E-state index contributed by atoms with van der Waals surface area (Å²) in [5.41, 5.74) is 2.96. The van der Waals surface area contributed by atoms with E-state index in [2.05, 4.69) is 15.4 Å². The number of rotatable bonds is 0. The number of nitrogens with zero attached hydrogens (tertiary/aromatic N) is 4. The van der Waals surface area contributed by atoms with Crippen LogP contribution in [0.5, 0.6) is 5.88 Å². The molecule has 0 aliphatic carbocycles. The topological polar surface area (TPSA) is 91.0 Å². The van der Waals surface area contributed by atoms with Crippen LogP contribution in [0.2, 0.25) is 0 Å². The summed E-state index contributed by atoms with van der Waals surface area (Å²) in [5, 5.41) is 7.49. The van der Waals surface area contributed by atoms with Crippen LogP contribution in [0, 0.1) is 0 Å². The molecule has 8 heteroatoms. The van der Waals surface area contributed by atoms with Crippen molar-refractivity contribution in [3.05, 3.63) is 94.3 Å². The fraction of sp³-hybridized carbons (Fsp3) is 0.167. The van der Waals surface area contributed by atoms with Gasteiger partial charge in [0, 0.05) is 24.2 Å². The molecule has 0 atom stereocenters. The Morgan fingerprint density at radius 2 is 1.88 bits per heavy atom. The van der Waals surface area contributed by atoms with E-state index >= 15 is 0 Å². The third-order valence-electron chi connectivity index (χ3n) is 5.27. The first-order valence-electron chi connectivity index (χ1n) is 10.3. The van der Waals surface area contributed by atoms with Crippen LogP contribution >= 0.6 is 0 Å². The Kier molecular flexibility index (Phi) is 5.25. The molecule has 160 valence electrons. The third-order valence-corrected chi connectivity index (χ3v) is 5.27. The van der Waals surface area contributed by atoms with E-state index in [4.69, 9.17) is 4.74 Å². The summed E-state index contributed by atoms with van der Waals surface area (Å²) in [7, 11) is 0. The molecule has 32 heavy (non-hydrogen) atoms. The van der Waals surface area contributed by atoms with Gasteiger partial charge < -0.3 is 14.6 Å². The fourth-order valence-corrected chi connectivity index (χ4v) is 3.67. The van der Waals surface area contributed by atoms with Crippen LogP contribution in [0.15, 0.2) is 77.6 Å². The number of carbonyl (C=O) groups is 1. The Hall–Kier alpha value is -4.20. The molecule has 5 rings (SSSR count). The summed E-state index contributed by atoms with van der Waals surface area (Å²) in [6.45, 7) is 1.22. The van der Waals surface area contributed by atoms with E-state index in [1.54, 1.807) is 24.3 Å². The summed E-state index contributed by atoms with van der Waals surface area (Å²) in [5.74, 6) is 0.925. The number of Topliss-reactive ketones (excluding diaryl/α,β-unsaturated/α-hetero) is 1. The first-order valence-corrected chi connectivity index (χ1v) is 10.3. The molecule has 4 bridgehead atoms. The van der Waals surface area contributed by atoms with Crippen LogP contribution in [0.25, 0.3) is 11.0 Å². The van der Waals surface area contributed by atoms with E-state index < -0.39 is 0 Å². The maximum absolute atomic E-state index is 12.9. The van der Waals surface area contributed by atoms with Gasteiger partial charge in [0.05, 0.1) is 24.1 Å². The Morgan fingerprint density at radius 3 is 2.81 bits per heavy atom. The van der Waals surface area contributed by atoms with Crippen molar-refractivity contribution in [2.24, 2.45) is 0 Å². The Labute approximate surface area is 183 Å². The maximum Gasteiger partial charge on any atom is 0.267 e.